The molecular formula is C70H50. The Morgan fingerprint density at radius 3 is 0.686 bits per heavy atom. The molecule has 13 rings (SSSR count). The Balaban J connectivity index is 1.10. The van der Waals surface area contributed by atoms with Crippen molar-refractivity contribution >= 4 is 0 Å². The van der Waals surface area contributed by atoms with Gasteiger partial charge in [-0.2, -0.15) is 0 Å². The maximum atomic E-state index is 2.60. The molecule has 0 saturated heterocycles. The van der Waals surface area contributed by atoms with Gasteiger partial charge in [-0.05, 0) is 137 Å². The summed E-state index contributed by atoms with van der Waals surface area (Å²) in [5, 5.41) is 0. The van der Waals surface area contributed by atoms with Crippen molar-refractivity contribution in [2.24, 2.45) is 0 Å². The molecule has 2 aliphatic carbocycles. The zero-order valence-corrected chi connectivity index (χ0v) is 39.4. The minimum atomic E-state index is -0.610. The van der Waals surface area contributed by atoms with Gasteiger partial charge in [0.1, 0.15) is 0 Å². The van der Waals surface area contributed by atoms with E-state index in [1.165, 1.54) is 122 Å². The Labute approximate surface area is 411 Å². The average molecular weight is 891 g/mol. The van der Waals surface area contributed by atoms with Crippen molar-refractivity contribution in [1.82, 2.24) is 0 Å². The molecule has 0 nitrogen and oxygen atoms in total. The number of hydrogen-bond donors (Lipinski definition) is 0. The van der Waals surface area contributed by atoms with Gasteiger partial charge in [-0.1, -0.05) is 266 Å². The Hall–Kier alpha value is -8.58. The maximum absolute atomic E-state index is 2.60. The highest BCUT2D eigenvalue weighted by molar-refractivity contribution is 5.95. The molecule has 0 amide bonds. The van der Waals surface area contributed by atoms with Gasteiger partial charge in [0.25, 0.3) is 0 Å². The van der Waals surface area contributed by atoms with Crippen LogP contribution in [0.5, 0.6) is 0 Å². The van der Waals surface area contributed by atoms with Crippen LogP contribution in [-0.4, -0.2) is 0 Å². The van der Waals surface area contributed by atoms with Crippen LogP contribution in [0, 0.1) is 13.8 Å². The number of benzene rings is 11. The van der Waals surface area contributed by atoms with Crippen LogP contribution < -0.4 is 0 Å². The highest BCUT2D eigenvalue weighted by Gasteiger charge is 2.51. The average Bonchev–Trinajstić information content (AvgIpc) is 3.87. The van der Waals surface area contributed by atoms with Crippen LogP contribution >= 0.6 is 0 Å². The van der Waals surface area contributed by atoms with Crippen molar-refractivity contribution in [2.45, 2.75) is 24.7 Å². The van der Waals surface area contributed by atoms with E-state index in [9.17, 15) is 0 Å². The molecule has 0 fully saturated rings. The summed E-state index contributed by atoms with van der Waals surface area (Å²) in [6.45, 7) is 4.49. The molecule has 11 aromatic carbocycles. The lowest BCUT2D eigenvalue weighted by Gasteiger charge is -2.36. The van der Waals surface area contributed by atoms with Crippen molar-refractivity contribution in [3.63, 3.8) is 0 Å². The summed E-state index contributed by atoms with van der Waals surface area (Å²) in [6.07, 6.45) is 0. The first-order valence-corrected chi connectivity index (χ1v) is 24.6. The zero-order valence-electron chi connectivity index (χ0n) is 39.4. The van der Waals surface area contributed by atoms with Gasteiger partial charge in [0.15, 0.2) is 0 Å². The molecule has 2 aliphatic rings. The largest absolute Gasteiger partial charge is 0.0713 e. The van der Waals surface area contributed by atoms with Gasteiger partial charge in [0, 0.05) is 0 Å². The second kappa shape index (κ2) is 16.6. The van der Waals surface area contributed by atoms with E-state index in [0.29, 0.717) is 0 Å². The lowest BCUT2D eigenvalue weighted by molar-refractivity contribution is 0.758. The predicted molar refractivity (Wildman–Crippen MR) is 292 cm³/mol. The third-order valence-corrected chi connectivity index (χ3v) is 15.4. The second-order valence-corrected chi connectivity index (χ2v) is 19.3. The van der Waals surface area contributed by atoms with Gasteiger partial charge in [0.2, 0.25) is 0 Å². The number of rotatable bonds is 8. The summed E-state index contributed by atoms with van der Waals surface area (Å²) in [6, 6.07) is 100. The number of aryl methyl sites for hydroxylation is 2. The lowest BCUT2D eigenvalue weighted by atomic mass is 9.65. The van der Waals surface area contributed by atoms with E-state index in [1.54, 1.807) is 0 Å². The molecule has 0 heterocycles. The first-order chi connectivity index (χ1) is 34.5. The Kier molecular flexibility index (Phi) is 9.85. The van der Waals surface area contributed by atoms with Crippen molar-refractivity contribution < 1.29 is 0 Å². The van der Waals surface area contributed by atoms with Gasteiger partial charge >= 0.3 is 0 Å². The molecule has 0 saturated carbocycles. The van der Waals surface area contributed by atoms with Crippen LogP contribution in [0.15, 0.2) is 267 Å². The van der Waals surface area contributed by atoms with Gasteiger partial charge in [-0.15, -0.1) is 0 Å². The molecule has 0 N–H and O–H groups in total. The van der Waals surface area contributed by atoms with E-state index < -0.39 is 10.8 Å². The van der Waals surface area contributed by atoms with Crippen molar-refractivity contribution in [1.29, 1.82) is 0 Å². The molecule has 70 heavy (non-hydrogen) atoms. The van der Waals surface area contributed by atoms with E-state index >= 15 is 0 Å². The van der Waals surface area contributed by atoms with Crippen LogP contribution in [0.3, 0.4) is 0 Å². The highest BCUT2D eigenvalue weighted by Crippen LogP contribution is 2.63. The van der Waals surface area contributed by atoms with Gasteiger partial charge in [-0.25, -0.2) is 0 Å². The van der Waals surface area contributed by atoms with E-state index in [2.05, 4.69) is 281 Å². The van der Waals surface area contributed by atoms with E-state index in [-0.39, 0.29) is 0 Å². The molecule has 0 aliphatic heterocycles. The van der Waals surface area contributed by atoms with Crippen LogP contribution in [0.1, 0.15) is 55.6 Å². The van der Waals surface area contributed by atoms with Crippen LogP contribution in [0.2, 0.25) is 0 Å². The molecular weight excluding hydrogens is 841 g/mol. The second-order valence-electron chi connectivity index (χ2n) is 19.3. The Morgan fingerprint density at radius 1 is 0.200 bits per heavy atom. The smallest absolute Gasteiger partial charge is 0.0622 e. The van der Waals surface area contributed by atoms with Gasteiger partial charge in [-0.3, -0.25) is 0 Å². The lowest BCUT2D eigenvalue weighted by Crippen LogP contribution is -2.30. The third kappa shape index (κ3) is 6.44. The topological polar surface area (TPSA) is 0 Å². The van der Waals surface area contributed by atoms with Crippen LogP contribution in [0.4, 0.5) is 0 Å². The monoisotopic (exact) mass is 890 g/mol. The van der Waals surface area contributed by atoms with E-state index in [0.717, 1.165) is 0 Å². The van der Waals surface area contributed by atoms with Crippen LogP contribution in [0.25, 0.3) is 66.8 Å². The third-order valence-electron chi connectivity index (χ3n) is 15.4. The SMILES string of the molecule is Cc1ccc2c(c1)C(c1ccc(-c3ccccc3)cc1)(c1ccc(-c3ccccc3)cc1)c1cc3c(cc1-2)C(c1ccc(-c2ccccc2)cc1)(c1ccc(-c2ccccc2)cc1)c1cc(C)ccc1-3. The first kappa shape index (κ1) is 41.6. The molecule has 0 unspecified atom stereocenters. The first-order valence-electron chi connectivity index (χ1n) is 24.6. The highest BCUT2D eigenvalue weighted by atomic mass is 14.5. The summed E-state index contributed by atoms with van der Waals surface area (Å²) in [7, 11) is 0. The summed E-state index contributed by atoms with van der Waals surface area (Å²) in [5.74, 6) is 0. The van der Waals surface area contributed by atoms with E-state index in [4.69, 9.17) is 0 Å². The number of fused-ring (bicyclic) bond motifs is 6. The summed E-state index contributed by atoms with van der Waals surface area (Å²) in [4.78, 5) is 0. The molecule has 0 radical (unpaired) electrons. The van der Waals surface area contributed by atoms with Crippen molar-refractivity contribution in [3.8, 4) is 66.8 Å². The zero-order chi connectivity index (χ0) is 46.8. The molecule has 11 aromatic rings. The summed E-state index contributed by atoms with van der Waals surface area (Å²) in [5.41, 5.74) is 26.4. The van der Waals surface area contributed by atoms with Crippen molar-refractivity contribution in [3.05, 3.63) is 323 Å². The fourth-order valence-corrected chi connectivity index (χ4v) is 12.1. The molecule has 0 spiro atoms. The fraction of sp³-hybridized carbons (Fsp3) is 0.0571. The summed E-state index contributed by atoms with van der Waals surface area (Å²) < 4.78 is 0. The van der Waals surface area contributed by atoms with E-state index in [1.807, 2.05) is 0 Å². The quantitative estimate of drug-likeness (QED) is 0.143. The minimum Gasteiger partial charge on any atom is -0.0622 e. The van der Waals surface area contributed by atoms with Gasteiger partial charge in [0.05, 0.1) is 10.8 Å². The molecule has 0 atom stereocenters. The predicted octanol–water partition coefficient (Wildman–Crippen LogP) is 17.7. The molecule has 0 aromatic heterocycles. The molecule has 0 heteroatoms. The molecule has 330 valence electrons. The van der Waals surface area contributed by atoms with Crippen LogP contribution in [-0.2, 0) is 10.8 Å². The normalized spacial score (nSPS) is 13.5. The molecule has 0 bridgehead atoms. The Morgan fingerprint density at radius 2 is 0.429 bits per heavy atom. The Bertz CT molecular complexity index is 3280. The number of hydrogen-bond acceptors (Lipinski definition) is 0. The standard InChI is InChI=1S/C70H50/c1-47-23-41-61-63-45-68-64(46-67(63)69(65(61)43-47,57-33-25-53(26-34-57)49-15-7-3-8-16-49)58-35-27-54(28-36-58)50-17-9-4-10-18-50)62-42-24-48(2)44-66(62)70(68,59-37-29-55(30-38-59)51-19-11-5-12-20-51)60-39-31-56(32-40-60)52-21-13-6-14-22-52/h3-46H,1-2H3. The fourth-order valence-electron chi connectivity index (χ4n) is 12.1. The van der Waals surface area contributed by atoms with Gasteiger partial charge < -0.3 is 0 Å². The summed E-state index contributed by atoms with van der Waals surface area (Å²) >= 11 is 0. The van der Waals surface area contributed by atoms with Crippen molar-refractivity contribution in [2.75, 3.05) is 0 Å². The minimum absolute atomic E-state index is 0.610. The maximum Gasteiger partial charge on any atom is 0.0713 e.